The summed E-state index contributed by atoms with van der Waals surface area (Å²) < 4.78 is 7.72. The lowest BCUT2D eigenvalue weighted by Gasteiger charge is -2.11. The normalized spacial score (nSPS) is 10.7. The number of benzene rings is 1. The number of alkyl halides is 1. The van der Waals surface area contributed by atoms with Gasteiger partial charge >= 0.3 is 0 Å². The molecule has 0 aliphatic heterocycles. The van der Waals surface area contributed by atoms with E-state index in [1.807, 2.05) is 29.9 Å². The largest absolute Gasteiger partial charge is 0.487 e. The minimum Gasteiger partial charge on any atom is -0.487 e. The Balaban J connectivity index is 2.14. The second kappa shape index (κ2) is 6.44. The van der Waals surface area contributed by atoms with E-state index in [1.54, 1.807) is 0 Å². The van der Waals surface area contributed by atoms with E-state index in [4.69, 9.17) is 16.3 Å². The first-order valence-electron chi connectivity index (χ1n) is 6.13. The summed E-state index contributed by atoms with van der Waals surface area (Å²) in [6, 6.07) is 7.76. The number of halogens is 2. The van der Waals surface area contributed by atoms with E-state index in [9.17, 15) is 0 Å². The van der Waals surface area contributed by atoms with Crippen molar-refractivity contribution in [2.75, 3.05) is 0 Å². The Hall–Kier alpha value is -1.00. The van der Waals surface area contributed by atoms with Gasteiger partial charge in [0.1, 0.15) is 12.4 Å². The molecule has 0 atom stereocenters. The van der Waals surface area contributed by atoms with Gasteiger partial charge in [-0.3, -0.25) is 4.68 Å². The molecule has 0 fully saturated rings. The molecule has 1 aromatic heterocycles. The smallest absolute Gasteiger partial charge is 0.130 e. The van der Waals surface area contributed by atoms with Gasteiger partial charge in [-0.05, 0) is 24.6 Å². The molecular weight excluding hydrogens is 328 g/mol. The lowest BCUT2D eigenvalue weighted by atomic mass is 10.2. The highest BCUT2D eigenvalue weighted by molar-refractivity contribution is 9.08. The van der Waals surface area contributed by atoms with Gasteiger partial charge in [0.25, 0.3) is 0 Å². The Morgan fingerprint density at radius 2 is 2.21 bits per heavy atom. The SMILES string of the molecule is CCc1cc(COc2cccc(Cl)c2CBr)n(C)n1. The molecular formula is C14H16BrClN2O. The molecule has 1 heterocycles. The van der Waals surface area contributed by atoms with Gasteiger partial charge in [0.2, 0.25) is 0 Å². The number of aryl methyl sites for hydroxylation is 2. The van der Waals surface area contributed by atoms with Crippen LogP contribution >= 0.6 is 27.5 Å². The average Bonchev–Trinajstić information content (AvgIpc) is 2.77. The van der Waals surface area contributed by atoms with Gasteiger partial charge < -0.3 is 4.74 Å². The Bertz CT molecular complexity index is 569. The molecule has 0 N–H and O–H groups in total. The van der Waals surface area contributed by atoms with Gasteiger partial charge in [-0.15, -0.1) is 0 Å². The van der Waals surface area contributed by atoms with E-state index in [0.29, 0.717) is 17.0 Å². The molecule has 19 heavy (non-hydrogen) atoms. The first-order valence-corrected chi connectivity index (χ1v) is 7.63. The molecule has 0 spiro atoms. The zero-order valence-electron chi connectivity index (χ0n) is 11.0. The minimum atomic E-state index is 0.490. The Kier molecular flexibility index (Phi) is 4.88. The fraction of sp³-hybridized carbons (Fsp3) is 0.357. The maximum Gasteiger partial charge on any atom is 0.130 e. The minimum absolute atomic E-state index is 0.490. The van der Waals surface area contributed by atoms with Gasteiger partial charge in [-0.1, -0.05) is 40.5 Å². The van der Waals surface area contributed by atoms with Gasteiger partial charge in [0.15, 0.2) is 0 Å². The predicted molar refractivity (Wildman–Crippen MR) is 81.0 cm³/mol. The molecule has 5 heteroatoms. The summed E-state index contributed by atoms with van der Waals surface area (Å²) in [7, 11) is 1.93. The highest BCUT2D eigenvalue weighted by atomic mass is 79.9. The maximum atomic E-state index is 6.14. The molecule has 0 saturated heterocycles. The highest BCUT2D eigenvalue weighted by Gasteiger charge is 2.09. The Morgan fingerprint density at radius 3 is 2.84 bits per heavy atom. The van der Waals surface area contributed by atoms with E-state index >= 15 is 0 Å². The van der Waals surface area contributed by atoms with Crippen molar-refractivity contribution < 1.29 is 4.74 Å². The van der Waals surface area contributed by atoms with Crippen LogP contribution in [-0.2, 0) is 25.4 Å². The number of rotatable bonds is 5. The van der Waals surface area contributed by atoms with Crippen molar-refractivity contribution in [2.45, 2.75) is 25.3 Å². The first-order chi connectivity index (χ1) is 9.15. The summed E-state index contributed by atoms with van der Waals surface area (Å²) in [5.41, 5.74) is 3.10. The van der Waals surface area contributed by atoms with Crippen LogP contribution in [0.5, 0.6) is 5.75 Å². The number of hydrogen-bond acceptors (Lipinski definition) is 2. The Labute approximate surface area is 126 Å². The highest BCUT2D eigenvalue weighted by Crippen LogP contribution is 2.29. The van der Waals surface area contributed by atoms with Crippen molar-refractivity contribution in [1.29, 1.82) is 0 Å². The zero-order valence-corrected chi connectivity index (χ0v) is 13.3. The molecule has 0 radical (unpaired) electrons. The van der Waals surface area contributed by atoms with Gasteiger partial charge in [0.05, 0.1) is 11.4 Å². The number of ether oxygens (including phenoxy) is 1. The van der Waals surface area contributed by atoms with Crippen molar-refractivity contribution in [1.82, 2.24) is 9.78 Å². The standard InChI is InChI=1S/C14H16BrClN2O/c1-3-10-7-11(18(2)17-10)9-19-14-6-4-5-13(16)12(14)8-15/h4-7H,3,8-9H2,1-2H3. The van der Waals surface area contributed by atoms with Crippen molar-refractivity contribution in [3.63, 3.8) is 0 Å². The first kappa shape index (κ1) is 14.4. The topological polar surface area (TPSA) is 27.1 Å². The molecule has 0 aliphatic carbocycles. The third-order valence-corrected chi connectivity index (χ3v) is 3.89. The monoisotopic (exact) mass is 342 g/mol. The second-order valence-electron chi connectivity index (χ2n) is 4.24. The van der Waals surface area contributed by atoms with Crippen LogP contribution in [0.3, 0.4) is 0 Å². The van der Waals surface area contributed by atoms with E-state index in [2.05, 4.69) is 34.0 Å². The van der Waals surface area contributed by atoms with E-state index in [1.165, 1.54) is 0 Å². The number of nitrogens with zero attached hydrogens (tertiary/aromatic N) is 2. The van der Waals surface area contributed by atoms with Crippen LogP contribution in [0.15, 0.2) is 24.3 Å². The van der Waals surface area contributed by atoms with Gasteiger partial charge in [0, 0.05) is 23.0 Å². The van der Waals surface area contributed by atoms with Crippen LogP contribution < -0.4 is 4.74 Å². The van der Waals surface area contributed by atoms with Crippen LogP contribution in [0, 0.1) is 0 Å². The summed E-state index contributed by atoms with van der Waals surface area (Å²) in [5.74, 6) is 0.809. The molecule has 3 nitrogen and oxygen atoms in total. The number of hydrogen-bond donors (Lipinski definition) is 0. The van der Waals surface area contributed by atoms with Gasteiger partial charge in [-0.25, -0.2) is 0 Å². The second-order valence-corrected chi connectivity index (χ2v) is 5.21. The molecule has 0 amide bonds. The van der Waals surface area contributed by atoms with Crippen LogP contribution in [0.1, 0.15) is 23.9 Å². The van der Waals surface area contributed by atoms with Crippen LogP contribution in [0.4, 0.5) is 0 Å². The average molecular weight is 344 g/mol. The fourth-order valence-corrected chi connectivity index (χ4v) is 2.81. The van der Waals surface area contributed by atoms with Gasteiger partial charge in [-0.2, -0.15) is 5.10 Å². The van der Waals surface area contributed by atoms with Crippen molar-refractivity contribution in [3.8, 4) is 5.75 Å². The van der Waals surface area contributed by atoms with E-state index < -0.39 is 0 Å². The maximum absolute atomic E-state index is 6.14. The predicted octanol–water partition coefficient (Wildman–Crippen LogP) is 4.11. The quantitative estimate of drug-likeness (QED) is 0.764. The van der Waals surface area contributed by atoms with Crippen LogP contribution in [-0.4, -0.2) is 9.78 Å². The zero-order chi connectivity index (χ0) is 13.8. The lowest BCUT2D eigenvalue weighted by Crippen LogP contribution is -2.04. The van der Waals surface area contributed by atoms with E-state index in [-0.39, 0.29) is 0 Å². The fourth-order valence-electron chi connectivity index (χ4n) is 1.83. The van der Waals surface area contributed by atoms with E-state index in [0.717, 1.165) is 29.1 Å². The molecule has 102 valence electrons. The molecule has 2 aromatic rings. The van der Waals surface area contributed by atoms with Crippen molar-refractivity contribution in [2.24, 2.45) is 7.05 Å². The molecule has 0 aliphatic rings. The molecule has 0 saturated carbocycles. The van der Waals surface area contributed by atoms with Crippen molar-refractivity contribution in [3.05, 3.63) is 46.2 Å². The van der Waals surface area contributed by atoms with Crippen molar-refractivity contribution >= 4 is 27.5 Å². The van der Waals surface area contributed by atoms with Crippen LogP contribution in [0.25, 0.3) is 0 Å². The summed E-state index contributed by atoms with van der Waals surface area (Å²) in [4.78, 5) is 0. The Morgan fingerprint density at radius 1 is 1.42 bits per heavy atom. The van der Waals surface area contributed by atoms with Crippen LogP contribution in [0.2, 0.25) is 5.02 Å². The molecule has 0 bridgehead atoms. The third kappa shape index (κ3) is 3.31. The molecule has 2 rings (SSSR count). The summed E-state index contributed by atoms with van der Waals surface area (Å²) in [6.45, 7) is 2.58. The summed E-state index contributed by atoms with van der Waals surface area (Å²) >= 11 is 9.57. The third-order valence-electron chi connectivity index (χ3n) is 2.97. The molecule has 0 unspecified atom stereocenters. The summed E-state index contributed by atoms with van der Waals surface area (Å²) in [5, 5.41) is 5.79. The summed E-state index contributed by atoms with van der Waals surface area (Å²) in [6.07, 6.45) is 0.928. The lowest BCUT2D eigenvalue weighted by molar-refractivity contribution is 0.293. The number of aromatic nitrogens is 2. The molecule has 1 aromatic carbocycles.